The molecule has 0 spiro atoms. The van der Waals surface area contributed by atoms with Crippen molar-refractivity contribution in [3.8, 4) is 11.1 Å². The van der Waals surface area contributed by atoms with Crippen LogP contribution in [0, 0.1) is 5.82 Å². The number of nitrogens with one attached hydrogen (secondary N) is 1. The highest BCUT2D eigenvalue weighted by molar-refractivity contribution is 7.11. The largest absolute Gasteiger partial charge is 0.325 e. The lowest BCUT2D eigenvalue weighted by Crippen LogP contribution is -2.22. The summed E-state index contributed by atoms with van der Waals surface area (Å²) in [5, 5.41) is 5.65. The van der Waals surface area contributed by atoms with E-state index in [-0.39, 0.29) is 17.6 Å². The first-order chi connectivity index (χ1) is 11.6. The van der Waals surface area contributed by atoms with E-state index in [1.54, 1.807) is 23.5 Å². The van der Waals surface area contributed by atoms with Crippen LogP contribution in [-0.2, 0) is 4.79 Å². The van der Waals surface area contributed by atoms with E-state index in [1.165, 1.54) is 12.1 Å². The van der Waals surface area contributed by atoms with Crippen LogP contribution in [0.3, 0.4) is 0 Å². The van der Waals surface area contributed by atoms with E-state index >= 15 is 0 Å². The molecule has 1 N–H and O–H groups in total. The number of benzene rings is 2. The Morgan fingerprint density at radius 1 is 1.12 bits per heavy atom. The highest BCUT2D eigenvalue weighted by atomic mass is 35.5. The molecule has 2 heterocycles. The number of amides is 1. The third-order valence-corrected chi connectivity index (χ3v) is 5.67. The van der Waals surface area contributed by atoms with Crippen LogP contribution < -0.4 is 5.32 Å². The van der Waals surface area contributed by atoms with Crippen LogP contribution >= 0.6 is 22.9 Å². The summed E-state index contributed by atoms with van der Waals surface area (Å²) in [6.07, 6.45) is 0.375. The molecule has 2 aromatic carbocycles. The summed E-state index contributed by atoms with van der Waals surface area (Å²) in [6.45, 7) is 0. The van der Waals surface area contributed by atoms with Gasteiger partial charge < -0.3 is 5.32 Å². The minimum Gasteiger partial charge on any atom is -0.325 e. The molecule has 0 aliphatic carbocycles. The number of thiophene rings is 1. The number of halogens is 2. The Morgan fingerprint density at radius 2 is 1.88 bits per heavy atom. The first-order valence-corrected chi connectivity index (χ1v) is 8.81. The van der Waals surface area contributed by atoms with E-state index in [1.807, 2.05) is 29.6 Å². The lowest BCUT2D eigenvalue weighted by molar-refractivity contribution is -0.116. The van der Waals surface area contributed by atoms with Gasteiger partial charge in [-0.1, -0.05) is 41.9 Å². The van der Waals surface area contributed by atoms with Crippen LogP contribution in [0.25, 0.3) is 11.1 Å². The Labute approximate surface area is 147 Å². The molecule has 1 aliphatic heterocycles. The van der Waals surface area contributed by atoms with Crippen LogP contribution in [0.15, 0.2) is 53.9 Å². The van der Waals surface area contributed by atoms with Gasteiger partial charge >= 0.3 is 0 Å². The van der Waals surface area contributed by atoms with E-state index in [0.717, 1.165) is 27.3 Å². The fraction of sp³-hybridized carbons (Fsp3) is 0.105. The molecule has 0 unspecified atom stereocenters. The molecule has 0 saturated heterocycles. The maximum absolute atomic E-state index is 13.2. The fourth-order valence-corrected chi connectivity index (χ4v) is 4.50. The molecular formula is C19H13ClFNOS. The van der Waals surface area contributed by atoms with E-state index in [0.29, 0.717) is 11.4 Å². The number of hydrogen-bond donors (Lipinski definition) is 1. The summed E-state index contributed by atoms with van der Waals surface area (Å²) >= 11 is 7.94. The molecule has 0 bridgehead atoms. The second-order valence-electron chi connectivity index (χ2n) is 5.72. The quantitative estimate of drug-likeness (QED) is 0.628. The predicted molar refractivity (Wildman–Crippen MR) is 96.3 cm³/mol. The smallest absolute Gasteiger partial charge is 0.225 e. The number of hydrogen-bond acceptors (Lipinski definition) is 2. The molecule has 3 aromatic rings. The first kappa shape index (κ1) is 15.4. The summed E-state index contributed by atoms with van der Waals surface area (Å²) in [4.78, 5) is 13.3. The van der Waals surface area contributed by atoms with Crippen LogP contribution in [-0.4, -0.2) is 5.91 Å². The highest BCUT2D eigenvalue weighted by Gasteiger charge is 2.31. The zero-order chi connectivity index (χ0) is 16.7. The third-order valence-electron chi connectivity index (χ3n) is 4.23. The number of fused-ring (bicyclic) bond motifs is 1. The van der Waals surface area contributed by atoms with Gasteiger partial charge in [0, 0.05) is 33.2 Å². The van der Waals surface area contributed by atoms with Crippen LogP contribution in [0.2, 0.25) is 5.02 Å². The lowest BCUT2D eigenvalue weighted by atomic mass is 9.89. The van der Waals surface area contributed by atoms with Gasteiger partial charge in [0.1, 0.15) is 5.82 Å². The molecule has 1 aliphatic rings. The Morgan fingerprint density at radius 3 is 2.62 bits per heavy atom. The van der Waals surface area contributed by atoms with Gasteiger partial charge in [-0.2, -0.15) is 0 Å². The van der Waals surface area contributed by atoms with E-state index in [9.17, 15) is 9.18 Å². The van der Waals surface area contributed by atoms with Crippen molar-refractivity contribution in [1.29, 1.82) is 0 Å². The van der Waals surface area contributed by atoms with E-state index in [4.69, 9.17) is 11.6 Å². The molecule has 2 nitrogen and oxygen atoms in total. The van der Waals surface area contributed by atoms with Gasteiger partial charge in [0.2, 0.25) is 5.91 Å². The Balaban J connectivity index is 1.83. The summed E-state index contributed by atoms with van der Waals surface area (Å²) in [5.74, 6) is -0.364. The normalized spacial score (nSPS) is 16.6. The van der Waals surface area contributed by atoms with Crippen LogP contribution in [0.5, 0.6) is 0 Å². The number of rotatable bonds is 2. The van der Waals surface area contributed by atoms with Crippen LogP contribution in [0.4, 0.5) is 10.1 Å². The molecule has 120 valence electrons. The van der Waals surface area contributed by atoms with Crippen molar-refractivity contribution in [1.82, 2.24) is 0 Å². The van der Waals surface area contributed by atoms with Crippen molar-refractivity contribution in [3.05, 3.63) is 75.2 Å². The zero-order valence-corrected chi connectivity index (χ0v) is 14.1. The Hall–Kier alpha value is -2.17. The summed E-state index contributed by atoms with van der Waals surface area (Å²) in [6, 6.07) is 13.9. The molecule has 1 aromatic heterocycles. The lowest BCUT2D eigenvalue weighted by Gasteiger charge is -2.24. The second-order valence-corrected chi connectivity index (χ2v) is 7.04. The molecule has 5 heteroatoms. The minimum atomic E-state index is -0.277. The summed E-state index contributed by atoms with van der Waals surface area (Å²) in [5.41, 5.74) is 3.57. The number of carbonyl (C=O) groups is 1. The van der Waals surface area contributed by atoms with Gasteiger partial charge in [0.15, 0.2) is 0 Å². The molecular weight excluding hydrogens is 345 g/mol. The molecule has 24 heavy (non-hydrogen) atoms. The van der Waals surface area contributed by atoms with Gasteiger partial charge in [-0.15, -0.1) is 11.3 Å². The number of anilines is 1. The van der Waals surface area contributed by atoms with E-state index < -0.39 is 0 Å². The van der Waals surface area contributed by atoms with Crippen molar-refractivity contribution in [3.63, 3.8) is 0 Å². The molecule has 0 saturated carbocycles. The maximum atomic E-state index is 13.2. The van der Waals surface area contributed by atoms with Crippen molar-refractivity contribution < 1.29 is 9.18 Å². The van der Waals surface area contributed by atoms with Crippen LogP contribution in [0.1, 0.15) is 22.8 Å². The maximum Gasteiger partial charge on any atom is 0.225 e. The Kier molecular flexibility index (Phi) is 3.87. The monoisotopic (exact) mass is 357 g/mol. The molecule has 1 atom stereocenters. The highest BCUT2D eigenvalue weighted by Crippen LogP contribution is 2.47. The molecule has 4 rings (SSSR count). The summed E-state index contributed by atoms with van der Waals surface area (Å²) < 4.78 is 13.2. The average Bonchev–Trinajstić information content (AvgIpc) is 2.99. The number of carbonyl (C=O) groups excluding carboxylic acids is 1. The second kappa shape index (κ2) is 6.04. The average molecular weight is 358 g/mol. The zero-order valence-electron chi connectivity index (χ0n) is 12.6. The standard InChI is InChI=1S/C19H13ClFNOS/c20-16-4-2-1-3-13(16)14-9-17(23)22-18-15(10-24-19(14)18)11-5-7-12(21)8-6-11/h1-8,10,14H,9H2,(H,22,23)/t14-/m0/s1. The van der Waals surface area contributed by atoms with Gasteiger partial charge in [-0.05, 0) is 29.3 Å². The topological polar surface area (TPSA) is 29.1 Å². The van der Waals surface area contributed by atoms with Gasteiger partial charge in [-0.25, -0.2) is 4.39 Å². The SMILES string of the molecule is O=C1C[C@@H](c2ccccc2Cl)c2scc(-c3ccc(F)cc3)c2N1. The van der Waals surface area contributed by atoms with Crippen molar-refractivity contribution in [2.24, 2.45) is 0 Å². The molecule has 0 fully saturated rings. The molecule has 0 radical (unpaired) electrons. The minimum absolute atomic E-state index is 0.0332. The first-order valence-electron chi connectivity index (χ1n) is 7.55. The van der Waals surface area contributed by atoms with Crippen molar-refractivity contribution >= 4 is 34.5 Å². The van der Waals surface area contributed by atoms with Gasteiger partial charge in [0.25, 0.3) is 0 Å². The predicted octanol–water partition coefficient (Wildman–Crippen LogP) is 5.68. The third kappa shape index (κ3) is 2.62. The van der Waals surface area contributed by atoms with Crippen molar-refractivity contribution in [2.75, 3.05) is 5.32 Å². The van der Waals surface area contributed by atoms with Gasteiger partial charge in [-0.3, -0.25) is 4.79 Å². The summed E-state index contributed by atoms with van der Waals surface area (Å²) in [7, 11) is 0. The fourth-order valence-electron chi connectivity index (χ4n) is 3.08. The van der Waals surface area contributed by atoms with Gasteiger partial charge in [0.05, 0.1) is 5.69 Å². The molecule has 1 amide bonds. The van der Waals surface area contributed by atoms with Crippen molar-refractivity contribution in [2.45, 2.75) is 12.3 Å². The van der Waals surface area contributed by atoms with E-state index in [2.05, 4.69) is 5.32 Å². The Bertz CT molecular complexity index is 919.